The summed E-state index contributed by atoms with van der Waals surface area (Å²) in [6, 6.07) is 7.56. The molecule has 0 radical (unpaired) electrons. The van der Waals surface area contributed by atoms with Crippen LogP contribution in [0.2, 0.25) is 0 Å². The summed E-state index contributed by atoms with van der Waals surface area (Å²) in [4.78, 5) is 29.9. The number of aryl methyl sites for hydroxylation is 1. The first-order valence-electron chi connectivity index (χ1n) is 6.72. The second-order valence-corrected chi connectivity index (χ2v) is 5.83. The lowest BCUT2D eigenvalue weighted by Crippen LogP contribution is -2.28. The van der Waals surface area contributed by atoms with Gasteiger partial charge in [-0.2, -0.15) is 0 Å². The van der Waals surface area contributed by atoms with Crippen LogP contribution in [-0.4, -0.2) is 28.2 Å². The van der Waals surface area contributed by atoms with Gasteiger partial charge in [0.05, 0.1) is 5.69 Å². The maximum Gasteiger partial charge on any atom is 0.254 e. The first-order valence-corrected chi connectivity index (χ1v) is 7.60. The highest BCUT2D eigenvalue weighted by atomic mass is 32.1. The number of carbonyl (C=O) groups is 2. The van der Waals surface area contributed by atoms with E-state index in [1.54, 1.807) is 4.90 Å². The first-order chi connectivity index (χ1) is 10.1. The van der Waals surface area contributed by atoms with Gasteiger partial charge in [-0.15, -0.1) is 11.3 Å². The highest BCUT2D eigenvalue weighted by Crippen LogP contribution is 2.22. The molecule has 0 atom stereocenters. The quantitative estimate of drug-likeness (QED) is 0.943. The van der Waals surface area contributed by atoms with Crippen LogP contribution < -0.4 is 5.32 Å². The van der Waals surface area contributed by atoms with Crippen molar-refractivity contribution in [2.45, 2.75) is 19.9 Å². The van der Waals surface area contributed by atoms with Crippen LogP contribution in [0.1, 0.15) is 28.0 Å². The van der Waals surface area contributed by atoms with Crippen LogP contribution in [0, 0.1) is 6.92 Å². The van der Waals surface area contributed by atoms with Crippen LogP contribution in [0.25, 0.3) is 0 Å². The maximum absolute atomic E-state index is 12.2. The van der Waals surface area contributed by atoms with Crippen LogP contribution in [0.15, 0.2) is 29.6 Å². The molecule has 0 unspecified atom stereocenters. The van der Waals surface area contributed by atoms with Crippen molar-refractivity contribution >= 4 is 28.3 Å². The molecular weight excluding hydrogens is 286 g/mol. The molecule has 1 N–H and O–H groups in total. The largest absolute Gasteiger partial charge is 0.334 e. The van der Waals surface area contributed by atoms with E-state index in [1.807, 2.05) is 36.6 Å². The molecular formula is C15H15N3O2S. The molecule has 21 heavy (non-hydrogen) atoms. The third-order valence-electron chi connectivity index (χ3n) is 3.37. The van der Waals surface area contributed by atoms with Gasteiger partial charge in [-0.05, 0) is 18.6 Å². The molecule has 0 aliphatic carbocycles. The van der Waals surface area contributed by atoms with E-state index >= 15 is 0 Å². The minimum absolute atomic E-state index is 0.00323. The molecule has 2 amide bonds. The van der Waals surface area contributed by atoms with E-state index in [2.05, 4.69) is 10.3 Å². The summed E-state index contributed by atoms with van der Waals surface area (Å²) in [5.74, 6) is -0.114. The van der Waals surface area contributed by atoms with Crippen molar-refractivity contribution in [3.05, 3.63) is 46.5 Å². The molecule has 0 saturated heterocycles. The lowest BCUT2D eigenvalue weighted by molar-refractivity contribution is -0.116. The van der Waals surface area contributed by atoms with Crippen molar-refractivity contribution in [2.24, 2.45) is 0 Å². The number of thiazole rings is 1. The topological polar surface area (TPSA) is 62.3 Å². The monoisotopic (exact) mass is 301 g/mol. The Morgan fingerprint density at radius 1 is 1.43 bits per heavy atom. The van der Waals surface area contributed by atoms with E-state index in [0.717, 1.165) is 16.8 Å². The summed E-state index contributed by atoms with van der Waals surface area (Å²) in [5, 5.41) is 5.24. The normalized spacial score (nSPS) is 13.4. The van der Waals surface area contributed by atoms with Crippen molar-refractivity contribution in [1.82, 2.24) is 9.88 Å². The van der Waals surface area contributed by atoms with Crippen molar-refractivity contribution in [3.63, 3.8) is 0 Å². The van der Waals surface area contributed by atoms with Gasteiger partial charge in [-0.1, -0.05) is 18.2 Å². The van der Waals surface area contributed by atoms with Crippen LogP contribution >= 0.6 is 11.3 Å². The molecule has 0 spiro atoms. The second kappa shape index (κ2) is 5.65. The lowest BCUT2D eigenvalue weighted by atomic mass is 10.1. The summed E-state index contributed by atoms with van der Waals surface area (Å²) in [6.07, 6.45) is 0.276. The molecule has 0 bridgehead atoms. The number of amides is 2. The molecule has 2 heterocycles. The molecule has 0 fully saturated rings. The summed E-state index contributed by atoms with van der Waals surface area (Å²) < 4.78 is 0. The Bertz CT molecular complexity index is 696. The number of nitrogens with one attached hydrogen (secondary N) is 1. The fraction of sp³-hybridized carbons (Fsp3) is 0.267. The predicted molar refractivity (Wildman–Crippen MR) is 81.3 cm³/mol. The molecule has 6 heteroatoms. The zero-order chi connectivity index (χ0) is 14.8. The van der Waals surface area contributed by atoms with Crippen LogP contribution in [0.5, 0.6) is 0 Å². The highest BCUT2D eigenvalue weighted by Gasteiger charge is 2.26. The number of aromatic nitrogens is 1. The minimum atomic E-state index is -0.117. The zero-order valence-corrected chi connectivity index (χ0v) is 12.4. The molecule has 1 aromatic carbocycles. The third-order valence-corrected chi connectivity index (χ3v) is 4.25. The molecule has 2 aromatic rings. The number of benzene rings is 1. The maximum atomic E-state index is 12.2. The highest BCUT2D eigenvalue weighted by molar-refractivity contribution is 7.13. The average Bonchev–Trinajstić information content (AvgIpc) is 3.01. The van der Waals surface area contributed by atoms with Crippen LogP contribution in [-0.2, 0) is 11.3 Å². The number of carbonyl (C=O) groups excluding carboxylic acids is 2. The van der Waals surface area contributed by atoms with Crippen molar-refractivity contribution in [1.29, 1.82) is 0 Å². The van der Waals surface area contributed by atoms with E-state index in [9.17, 15) is 9.59 Å². The standard InChI is InChI=1S/C15H15N3O2S/c1-10-9-21-15(16-10)17-13(19)6-7-18-8-11-4-2-3-5-12(11)14(18)20/h2-5,9H,6-8H2,1H3,(H,16,17,19). The van der Waals surface area contributed by atoms with E-state index in [-0.39, 0.29) is 18.2 Å². The Morgan fingerprint density at radius 3 is 2.95 bits per heavy atom. The van der Waals surface area contributed by atoms with Crippen molar-refractivity contribution in [2.75, 3.05) is 11.9 Å². The molecule has 1 aliphatic heterocycles. The second-order valence-electron chi connectivity index (χ2n) is 4.98. The van der Waals surface area contributed by atoms with Gasteiger partial charge in [0.25, 0.3) is 5.91 Å². The van der Waals surface area contributed by atoms with E-state index in [0.29, 0.717) is 18.2 Å². The van der Waals surface area contributed by atoms with Gasteiger partial charge in [0.15, 0.2) is 5.13 Å². The number of anilines is 1. The Morgan fingerprint density at radius 2 is 2.24 bits per heavy atom. The minimum Gasteiger partial charge on any atom is -0.334 e. The van der Waals surface area contributed by atoms with Crippen LogP contribution in [0.4, 0.5) is 5.13 Å². The Balaban J connectivity index is 1.55. The number of hydrogen-bond acceptors (Lipinski definition) is 4. The Hall–Kier alpha value is -2.21. The van der Waals surface area contributed by atoms with Gasteiger partial charge in [0.1, 0.15) is 0 Å². The van der Waals surface area contributed by atoms with Crippen molar-refractivity contribution < 1.29 is 9.59 Å². The predicted octanol–water partition coefficient (Wildman–Crippen LogP) is 2.44. The summed E-state index contributed by atoms with van der Waals surface area (Å²) in [5.41, 5.74) is 2.66. The van der Waals surface area contributed by atoms with Gasteiger partial charge >= 0.3 is 0 Å². The summed E-state index contributed by atoms with van der Waals surface area (Å²) >= 11 is 1.40. The zero-order valence-electron chi connectivity index (χ0n) is 11.6. The SMILES string of the molecule is Cc1csc(NC(=O)CCN2Cc3ccccc3C2=O)n1. The fourth-order valence-corrected chi connectivity index (χ4v) is 3.03. The fourth-order valence-electron chi connectivity index (χ4n) is 2.32. The number of fused-ring (bicyclic) bond motifs is 1. The Kier molecular flexibility index (Phi) is 3.70. The smallest absolute Gasteiger partial charge is 0.254 e. The molecule has 5 nitrogen and oxygen atoms in total. The summed E-state index contributed by atoms with van der Waals surface area (Å²) in [7, 11) is 0. The van der Waals surface area contributed by atoms with E-state index in [4.69, 9.17) is 0 Å². The van der Waals surface area contributed by atoms with Gasteiger partial charge in [-0.25, -0.2) is 4.98 Å². The summed E-state index contributed by atoms with van der Waals surface area (Å²) in [6.45, 7) is 2.88. The van der Waals surface area contributed by atoms with Gasteiger partial charge in [0, 0.05) is 30.5 Å². The lowest BCUT2D eigenvalue weighted by Gasteiger charge is -2.14. The van der Waals surface area contributed by atoms with E-state index < -0.39 is 0 Å². The number of nitrogens with zero attached hydrogens (tertiary/aromatic N) is 2. The molecule has 108 valence electrons. The number of hydrogen-bond donors (Lipinski definition) is 1. The average molecular weight is 301 g/mol. The third kappa shape index (κ3) is 2.95. The Labute approximate surface area is 126 Å². The van der Waals surface area contributed by atoms with Gasteiger partial charge in [-0.3, -0.25) is 9.59 Å². The van der Waals surface area contributed by atoms with Gasteiger partial charge < -0.3 is 10.2 Å². The van der Waals surface area contributed by atoms with Gasteiger partial charge in [0.2, 0.25) is 5.91 Å². The van der Waals surface area contributed by atoms with Crippen LogP contribution in [0.3, 0.4) is 0 Å². The molecule has 3 rings (SSSR count). The first kappa shape index (κ1) is 13.8. The molecule has 1 aromatic heterocycles. The molecule has 1 aliphatic rings. The van der Waals surface area contributed by atoms with E-state index in [1.165, 1.54) is 11.3 Å². The molecule has 0 saturated carbocycles. The number of rotatable bonds is 4. The van der Waals surface area contributed by atoms with Crippen molar-refractivity contribution in [3.8, 4) is 0 Å².